The lowest BCUT2D eigenvalue weighted by molar-refractivity contribution is -0.137. The number of Topliss-reactive ketones (excluding diaryl/α,β-unsaturated/α-hetero) is 1. The zero-order valence-corrected chi connectivity index (χ0v) is 10.7. The number of carbonyl (C=O) groups excluding carboxylic acids is 2. The number of hydrogen-bond acceptors (Lipinski definition) is 4. The van der Waals surface area contributed by atoms with Crippen molar-refractivity contribution in [3.63, 3.8) is 0 Å². The molecular weight excluding hydrogens is 224 g/mol. The van der Waals surface area contributed by atoms with Crippen molar-refractivity contribution in [1.29, 1.82) is 0 Å². The van der Waals surface area contributed by atoms with E-state index in [1.807, 2.05) is 0 Å². The number of ketones is 1. The molecule has 0 aromatic heterocycles. The van der Waals surface area contributed by atoms with Crippen LogP contribution in [-0.2, 0) is 14.4 Å². The molecule has 0 unspecified atom stereocenters. The Balaban J connectivity index is 0. The van der Waals surface area contributed by atoms with Crippen LogP contribution in [-0.4, -0.2) is 35.4 Å². The molecule has 0 heterocycles. The van der Waals surface area contributed by atoms with Crippen molar-refractivity contribution < 1.29 is 19.5 Å². The Kier molecular flexibility index (Phi) is 11.7. The summed E-state index contributed by atoms with van der Waals surface area (Å²) in [4.78, 5) is 31.7. The van der Waals surface area contributed by atoms with E-state index in [0.717, 1.165) is 0 Å². The van der Waals surface area contributed by atoms with Crippen LogP contribution >= 0.6 is 0 Å². The molecule has 0 rings (SSSR count). The molecule has 0 radical (unpaired) electrons. The minimum Gasteiger partial charge on any atom is -0.481 e. The zero-order chi connectivity index (χ0) is 13.8. The van der Waals surface area contributed by atoms with Gasteiger partial charge in [0.25, 0.3) is 0 Å². The first kappa shape index (κ1) is 17.9. The molecule has 0 aromatic carbocycles. The Hall–Kier alpha value is -1.43. The van der Waals surface area contributed by atoms with E-state index in [1.54, 1.807) is 0 Å². The van der Waals surface area contributed by atoms with Crippen molar-refractivity contribution in [3.8, 4) is 0 Å². The second-order valence-electron chi connectivity index (χ2n) is 3.67. The van der Waals surface area contributed by atoms with E-state index in [1.165, 1.54) is 13.3 Å². The van der Waals surface area contributed by atoms with Crippen molar-refractivity contribution in [1.82, 2.24) is 5.32 Å². The van der Waals surface area contributed by atoms with E-state index in [0.29, 0.717) is 0 Å². The fourth-order valence-corrected chi connectivity index (χ4v) is 0.753. The van der Waals surface area contributed by atoms with Crippen molar-refractivity contribution >= 4 is 17.7 Å². The smallest absolute Gasteiger partial charge is 0.303 e. The van der Waals surface area contributed by atoms with E-state index < -0.39 is 17.9 Å². The van der Waals surface area contributed by atoms with E-state index in [2.05, 4.69) is 19.2 Å². The molecule has 0 aromatic rings. The molecule has 0 fully saturated rings. The normalized spacial score (nSPS) is 10.8. The van der Waals surface area contributed by atoms with Crippen molar-refractivity contribution in [2.24, 2.45) is 5.73 Å². The van der Waals surface area contributed by atoms with Crippen molar-refractivity contribution in [2.75, 3.05) is 6.54 Å². The lowest BCUT2D eigenvalue weighted by Crippen LogP contribution is -2.42. The Morgan fingerprint density at radius 1 is 1.29 bits per heavy atom. The first-order valence-electron chi connectivity index (χ1n) is 5.59. The maximum Gasteiger partial charge on any atom is 0.303 e. The Morgan fingerprint density at radius 2 is 1.76 bits per heavy atom. The molecule has 0 bridgehead atoms. The average Bonchev–Trinajstić information content (AvgIpc) is 2.23. The summed E-state index contributed by atoms with van der Waals surface area (Å²) < 4.78 is 0. The van der Waals surface area contributed by atoms with Crippen molar-refractivity contribution in [2.45, 2.75) is 46.1 Å². The van der Waals surface area contributed by atoms with Crippen LogP contribution < -0.4 is 11.1 Å². The summed E-state index contributed by atoms with van der Waals surface area (Å²) >= 11 is 0. The van der Waals surface area contributed by atoms with Gasteiger partial charge in [-0.1, -0.05) is 20.3 Å². The number of amides is 1. The van der Waals surface area contributed by atoms with E-state index in [-0.39, 0.29) is 25.2 Å². The van der Waals surface area contributed by atoms with Gasteiger partial charge in [-0.25, -0.2) is 0 Å². The molecule has 0 aliphatic carbocycles. The van der Waals surface area contributed by atoms with Crippen LogP contribution in [0.3, 0.4) is 0 Å². The maximum atomic E-state index is 11.1. The average molecular weight is 246 g/mol. The summed E-state index contributed by atoms with van der Waals surface area (Å²) in [6, 6.07) is -0.870. The molecule has 0 aliphatic rings. The molecule has 0 saturated carbocycles. The Labute approximate surface area is 102 Å². The highest BCUT2D eigenvalue weighted by atomic mass is 16.4. The van der Waals surface area contributed by atoms with Gasteiger partial charge in [-0.3, -0.25) is 14.4 Å². The van der Waals surface area contributed by atoms with Gasteiger partial charge in [-0.2, -0.15) is 0 Å². The molecule has 0 saturated heterocycles. The highest BCUT2D eigenvalue weighted by molar-refractivity contribution is 5.87. The standard InChI is InChI=1S/C8H14N2O4.C3H8/c1-5(11)4-10-8(14)6(9)2-3-7(12)13;1-3-2/h6H,2-4,9H2,1H3,(H,10,14)(H,12,13);3H2,1-2H3/t6-;/m0./s1. The molecule has 17 heavy (non-hydrogen) atoms. The zero-order valence-electron chi connectivity index (χ0n) is 10.7. The topological polar surface area (TPSA) is 109 Å². The second kappa shape index (κ2) is 11.1. The minimum absolute atomic E-state index is 0.0685. The molecule has 0 aliphatic heterocycles. The Bertz CT molecular complexity index is 254. The molecule has 1 atom stereocenters. The third-order valence-corrected chi connectivity index (χ3v) is 1.52. The quantitative estimate of drug-likeness (QED) is 0.624. The number of nitrogens with one attached hydrogen (secondary N) is 1. The van der Waals surface area contributed by atoms with Crippen LogP contribution in [0.25, 0.3) is 0 Å². The van der Waals surface area contributed by atoms with Crippen LogP contribution in [0.1, 0.15) is 40.0 Å². The van der Waals surface area contributed by atoms with Gasteiger partial charge >= 0.3 is 5.97 Å². The predicted octanol–water partition coefficient (Wildman–Crippen LogP) is 0.300. The molecule has 1 amide bonds. The number of rotatable bonds is 6. The first-order valence-corrected chi connectivity index (χ1v) is 5.59. The van der Waals surface area contributed by atoms with Crippen LogP contribution in [0.2, 0.25) is 0 Å². The minimum atomic E-state index is -1.00. The SMILES string of the molecule is CC(=O)CNC(=O)[C@@H](N)CCC(=O)O.CCC. The fraction of sp³-hybridized carbons (Fsp3) is 0.727. The summed E-state index contributed by atoms with van der Waals surface area (Å²) in [6.07, 6.45) is 1.16. The molecule has 0 spiro atoms. The Morgan fingerprint density at radius 3 is 2.12 bits per heavy atom. The monoisotopic (exact) mass is 246 g/mol. The number of nitrogens with two attached hydrogens (primary N) is 1. The molecule has 6 nitrogen and oxygen atoms in total. The maximum absolute atomic E-state index is 11.1. The molecule has 6 heteroatoms. The van der Waals surface area contributed by atoms with Gasteiger partial charge in [0.2, 0.25) is 5.91 Å². The van der Waals surface area contributed by atoms with Crippen LogP contribution in [0.4, 0.5) is 0 Å². The third kappa shape index (κ3) is 14.6. The van der Waals surface area contributed by atoms with Crippen LogP contribution in [0, 0.1) is 0 Å². The van der Waals surface area contributed by atoms with Crippen LogP contribution in [0.5, 0.6) is 0 Å². The van der Waals surface area contributed by atoms with Gasteiger partial charge in [-0.15, -0.1) is 0 Å². The summed E-state index contributed by atoms with van der Waals surface area (Å²) in [5, 5.41) is 10.6. The van der Waals surface area contributed by atoms with Crippen LogP contribution in [0.15, 0.2) is 0 Å². The molecular formula is C11H22N2O4. The van der Waals surface area contributed by atoms with E-state index >= 15 is 0 Å². The van der Waals surface area contributed by atoms with E-state index in [9.17, 15) is 14.4 Å². The number of aliphatic carboxylic acids is 1. The van der Waals surface area contributed by atoms with Gasteiger partial charge in [-0.05, 0) is 13.3 Å². The summed E-state index contributed by atoms with van der Waals surface area (Å²) in [7, 11) is 0. The first-order chi connectivity index (χ1) is 7.84. The number of carbonyl (C=O) groups is 3. The fourth-order valence-electron chi connectivity index (χ4n) is 0.753. The van der Waals surface area contributed by atoms with Gasteiger partial charge in [0.05, 0.1) is 12.6 Å². The number of hydrogen-bond donors (Lipinski definition) is 3. The number of carboxylic acids is 1. The lowest BCUT2D eigenvalue weighted by Gasteiger charge is -2.09. The summed E-state index contributed by atoms with van der Waals surface area (Å²) in [5.74, 6) is -1.68. The highest BCUT2D eigenvalue weighted by Crippen LogP contribution is 1.94. The van der Waals surface area contributed by atoms with Crippen molar-refractivity contribution in [3.05, 3.63) is 0 Å². The second-order valence-corrected chi connectivity index (χ2v) is 3.67. The largest absolute Gasteiger partial charge is 0.481 e. The van der Waals surface area contributed by atoms with Gasteiger partial charge in [0.15, 0.2) is 0 Å². The molecule has 100 valence electrons. The van der Waals surface area contributed by atoms with E-state index in [4.69, 9.17) is 10.8 Å². The number of carboxylic acid groups (broad SMARTS) is 1. The lowest BCUT2D eigenvalue weighted by atomic mass is 10.1. The summed E-state index contributed by atoms with van der Waals surface area (Å²) in [5.41, 5.74) is 5.37. The van der Waals surface area contributed by atoms with Gasteiger partial charge < -0.3 is 16.2 Å². The highest BCUT2D eigenvalue weighted by Gasteiger charge is 2.14. The third-order valence-electron chi connectivity index (χ3n) is 1.52. The van der Waals surface area contributed by atoms with Gasteiger partial charge in [0.1, 0.15) is 5.78 Å². The summed E-state index contributed by atoms with van der Waals surface area (Å²) in [6.45, 7) is 5.52. The molecule has 4 N–H and O–H groups in total. The predicted molar refractivity (Wildman–Crippen MR) is 64.5 cm³/mol. The van der Waals surface area contributed by atoms with Gasteiger partial charge in [0, 0.05) is 6.42 Å².